The molecule has 2 atom stereocenters. The maximum atomic E-state index is 14.0. The molecular formula is C24H31FN4O4. The topological polar surface area (TPSA) is 82.2 Å². The smallest absolute Gasteiger partial charge is 0.338 e. The van der Waals surface area contributed by atoms with Crippen molar-refractivity contribution in [1.29, 1.82) is 0 Å². The van der Waals surface area contributed by atoms with E-state index in [1.54, 1.807) is 26.1 Å². The Bertz CT molecular complexity index is 977. The van der Waals surface area contributed by atoms with Crippen molar-refractivity contribution < 1.29 is 23.5 Å². The summed E-state index contributed by atoms with van der Waals surface area (Å²) in [5.74, 6) is -0.578. The molecular weight excluding hydrogens is 427 g/mol. The number of nitrogens with zero attached hydrogens (tertiary/aromatic N) is 3. The van der Waals surface area contributed by atoms with Gasteiger partial charge >= 0.3 is 12.0 Å². The number of rotatable bonds is 6. The first-order valence-electron chi connectivity index (χ1n) is 11.5. The van der Waals surface area contributed by atoms with Gasteiger partial charge in [0.05, 0.1) is 18.2 Å². The predicted octanol–water partition coefficient (Wildman–Crippen LogP) is 2.28. The Labute approximate surface area is 193 Å². The highest BCUT2D eigenvalue weighted by Gasteiger charge is 2.40. The molecule has 0 aromatic heterocycles. The lowest BCUT2D eigenvalue weighted by Gasteiger charge is -2.42. The van der Waals surface area contributed by atoms with Gasteiger partial charge in [-0.15, -0.1) is 0 Å². The van der Waals surface area contributed by atoms with Crippen LogP contribution >= 0.6 is 0 Å². The van der Waals surface area contributed by atoms with Crippen LogP contribution in [0.5, 0.6) is 0 Å². The van der Waals surface area contributed by atoms with E-state index >= 15 is 0 Å². The second-order valence-electron chi connectivity index (χ2n) is 8.97. The van der Waals surface area contributed by atoms with Gasteiger partial charge in [-0.2, -0.15) is 0 Å². The third-order valence-corrected chi connectivity index (χ3v) is 6.55. The SMILES string of the molecule is CCOC(=O)C1=C(CN2CCN(C(=O)C3CC3)[C@@H](C)C2)N(C)C(=O)N[C@@H]1c1cccc(F)c1. The molecule has 1 aromatic carbocycles. The van der Waals surface area contributed by atoms with Gasteiger partial charge < -0.3 is 15.0 Å². The Balaban J connectivity index is 1.63. The van der Waals surface area contributed by atoms with E-state index in [4.69, 9.17) is 4.74 Å². The Morgan fingerprint density at radius 2 is 2.00 bits per heavy atom. The third kappa shape index (κ3) is 4.88. The molecule has 8 nitrogen and oxygen atoms in total. The number of piperazine rings is 1. The first-order chi connectivity index (χ1) is 15.8. The summed E-state index contributed by atoms with van der Waals surface area (Å²) in [7, 11) is 1.61. The van der Waals surface area contributed by atoms with Crippen LogP contribution in [0.25, 0.3) is 0 Å². The van der Waals surface area contributed by atoms with Crippen LogP contribution in [0.3, 0.4) is 0 Å². The second-order valence-corrected chi connectivity index (χ2v) is 8.97. The molecule has 2 fully saturated rings. The molecule has 1 N–H and O–H groups in total. The van der Waals surface area contributed by atoms with Crippen LogP contribution in [0.2, 0.25) is 0 Å². The lowest BCUT2D eigenvalue weighted by atomic mass is 9.94. The molecule has 2 aliphatic heterocycles. The Hall–Kier alpha value is -2.94. The molecule has 0 radical (unpaired) electrons. The highest BCUT2D eigenvalue weighted by atomic mass is 19.1. The Morgan fingerprint density at radius 3 is 2.64 bits per heavy atom. The number of ether oxygens (including phenoxy) is 1. The number of halogens is 1. The normalized spacial score (nSPS) is 24.1. The van der Waals surface area contributed by atoms with Gasteiger partial charge in [-0.25, -0.2) is 14.0 Å². The molecule has 4 rings (SSSR count). The van der Waals surface area contributed by atoms with Crippen molar-refractivity contribution in [3.05, 3.63) is 46.9 Å². The van der Waals surface area contributed by atoms with Crippen LogP contribution in [0, 0.1) is 11.7 Å². The summed E-state index contributed by atoms with van der Waals surface area (Å²) in [6, 6.07) is 4.73. The fraction of sp³-hybridized carbons (Fsp3) is 0.542. The second kappa shape index (κ2) is 9.51. The van der Waals surface area contributed by atoms with Crippen molar-refractivity contribution in [2.75, 3.05) is 39.8 Å². The molecule has 3 amide bonds. The molecule has 1 aromatic rings. The molecule has 0 unspecified atom stereocenters. The van der Waals surface area contributed by atoms with Gasteiger partial charge in [-0.3, -0.25) is 14.6 Å². The molecule has 1 saturated heterocycles. The molecule has 178 valence electrons. The standard InChI is InChI=1S/C24H31FN4O4/c1-4-33-23(31)20-19(14-28-10-11-29(15(2)13-28)22(30)16-8-9-16)27(3)24(32)26-21(20)17-6-5-7-18(25)12-17/h5-7,12,15-16,21H,4,8-11,13-14H2,1-3H3,(H,26,32)/t15-,21+/m0/s1. The van der Waals surface area contributed by atoms with E-state index in [2.05, 4.69) is 10.2 Å². The summed E-state index contributed by atoms with van der Waals surface area (Å²) in [5.41, 5.74) is 1.31. The van der Waals surface area contributed by atoms with Gasteiger partial charge in [0.15, 0.2) is 0 Å². The van der Waals surface area contributed by atoms with E-state index in [9.17, 15) is 18.8 Å². The fourth-order valence-electron chi connectivity index (χ4n) is 4.61. The van der Waals surface area contributed by atoms with Gasteiger partial charge in [0.25, 0.3) is 0 Å². The van der Waals surface area contributed by atoms with Crippen molar-refractivity contribution in [2.45, 2.75) is 38.8 Å². The average molecular weight is 459 g/mol. The van der Waals surface area contributed by atoms with E-state index in [1.807, 2.05) is 11.8 Å². The van der Waals surface area contributed by atoms with E-state index < -0.39 is 17.8 Å². The van der Waals surface area contributed by atoms with Crippen LogP contribution in [0.4, 0.5) is 9.18 Å². The number of likely N-dealkylation sites (N-methyl/N-ethyl adjacent to an activating group) is 1. The van der Waals surface area contributed by atoms with Crippen LogP contribution in [-0.4, -0.2) is 78.5 Å². The number of amides is 3. The molecule has 9 heteroatoms. The minimum Gasteiger partial charge on any atom is -0.463 e. The van der Waals surface area contributed by atoms with Crippen molar-refractivity contribution in [3.8, 4) is 0 Å². The zero-order valence-electron chi connectivity index (χ0n) is 19.3. The number of carbonyl (C=O) groups is 3. The van der Waals surface area contributed by atoms with Crippen LogP contribution < -0.4 is 5.32 Å². The third-order valence-electron chi connectivity index (χ3n) is 6.55. The number of carbonyl (C=O) groups excluding carboxylic acids is 3. The van der Waals surface area contributed by atoms with Gasteiger partial charge in [0, 0.05) is 50.9 Å². The fourth-order valence-corrected chi connectivity index (χ4v) is 4.61. The summed E-state index contributed by atoms with van der Waals surface area (Å²) in [6.45, 7) is 6.17. The number of hydrogen-bond acceptors (Lipinski definition) is 5. The van der Waals surface area contributed by atoms with Crippen LogP contribution in [-0.2, 0) is 14.3 Å². The van der Waals surface area contributed by atoms with Gasteiger partial charge in [-0.05, 0) is 44.4 Å². The average Bonchev–Trinajstić information content (AvgIpc) is 3.62. The lowest BCUT2D eigenvalue weighted by Crippen LogP contribution is -2.56. The molecule has 1 saturated carbocycles. The number of esters is 1. The minimum absolute atomic E-state index is 0.0419. The largest absolute Gasteiger partial charge is 0.463 e. The van der Waals surface area contributed by atoms with Crippen molar-refractivity contribution in [3.63, 3.8) is 0 Å². The highest BCUT2D eigenvalue weighted by Crippen LogP contribution is 2.34. The Kier molecular flexibility index (Phi) is 6.69. The summed E-state index contributed by atoms with van der Waals surface area (Å²) in [4.78, 5) is 43.9. The molecule has 3 aliphatic rings. The maximum Gasteiger partial charge on any atom is 0.338 e. The monoisotopic (exact) mass is 458 g/mol. The van der Waals surface area contributed by atoms with Crippen molar-refractivity contribution in [2.24, 2.45) is 5.92 Å². The van der Waals surface area contributed by atoms with Crippen LogP contribution in [0.1, 0.15) is 38.3 Å². The number of hydrogen-bond donors (Lipinski definition) is 1. The van der Waals surface area contributed by atoms with E-state index in [1.165, 1.54) is 17.0 Å². The number of benzene rings is 1. The molecule has 33 heavy (non-hydrogen) atoms. The van der Waals surface area contributed by atoms with Crippen molar-refractivity contribution in [1.82, 2.24) is 20.0 Å². The van der Waals surface area contributed by atoms with Gasteiger partial charge in [-0.1, -0.05) is 12.1 Å². The van der Waals surface area contributed by atoms with Crippen molar-refractivity contribution >= 4 is 17.9 Å². The molecule has 0 spiro atoms. The maximum absolute atomic E-state index is 14.0. The van der Waals surface area contributed by atoms with Gasteiger partial charge in [0.2, 0.25) is 5.91 Å². The summed E-state index contributed by atoms with van der Waals surface area (Å²) in [5, 5.41) is 2.81. The first kappa shape index (κ1) is 23.2. The molecule has 1 aliphatic carbocycles. The summed E-state index contributed by atoms with van der Waals surface area (Å²) < 4.78 is 19.3. The first-order valence-corrected chi connectivity index (χ1v) is 11.5. The highest BCUT2D eigenvalue weighted by molar-refractivity contribution is 5.95. The van der Waals surface area contributed by atoms with Gasteiger partial charge in [0.1, 0.15) is 5.82 Å². The zero-order valence-corrected chi connectivity index (χ0v) is 19.3. The number of nitrogens with one attached hydrogen (secondary N) is 1. The Morgan fingerprint density at radius 1 is 1.24 bits per heavy atom. The van der Waals surface area contributed by atoms with Crippen LogP contribution in [0.15, 0.2) is 35.5 Å². The molecule has 2 heterocycles. The lowest BCUT2D eigenvalue weighted by molar-refractivity contribution is -0.139. The van der Waals surface area contributed by atoms with E-state index in [0.29, 0.717) is 43.0 Å². The van der Waals surface area contributed by atoms with E-state index in [0.717, 1.165) is 12.8 Å². The van der Waals surface area contributed by atoms with E-state index in [-0.39, 0.29) is 30.5 Å². The molecule has 0 bridgehead atoms. The summed E-state index contributed by atoms with van der Waals surface area (Å²) >= 11 is 0. The number of urea groups is 1. The predicted molar refractivity (Wildman–Crippen MR) is 119 cm³/mol. The zero-order chi connectivity index (χ0) is 23.7. The summed E-state index contributed by atoms with van der Waals surface area (Å²) in [6.07, 6.45) is 1.95. The minimum atomic E-state index is -0.811. The quantitative estimate of drug-likeness (QED) is 0.662.